The van der Waals surface area contributed by atoms with Gasteiger partial charge in [-0.25, -0.2) is 4.98 Å². The molecule has 2 aromatic rings. The van der Waals surface area contributed by atoms with E-state index < -0.39 is 0 Å². The van der Waals surface area contributed by atoms with E-state index in [-0.39, 0.29) is 17.9 Å². The van der Waals surface area contributed by atoms with Crippen LogP contribution in [0.25, 0.3) is 11.5 Å². The van der Waals surface area contributed by atoms with E-state index in [1.165, 1.54) is 38.8 Å². The summed E-state index contributed by atoms with van der Waals surface area (Å²) in [6.45, 7) is 7.45. The van der Waals surface area contributed by atoms with Gasteiger partial charge >= 0.3 is 0 Å². The fraction of sp³-hybridized carbons (Fsp3) is 0.630. The number of amides is 1. The third kappa shape index (κ3) is 6.41. The van der Waals surface area contributed by atoms with E-state index in [9.17, 15) is 4.79 Å². The molecule has 34 heavy (non-hydrogen) atoms. The molecule has 2 saturated heterocycles. The van der Waals surface area contributed by atoms with Gasteiger partial charge in [0.05, 0.1) is 11.7 Å². The third-order valence-corrected chi connectivity index (χ3v) is 7.73. The second kappa shape index (κ2) is 12.2. The molecule has 0 aliphatic carbocycles. The van der Waals surface area contributed by atoms with Crippen LogP contribution in [0.3, 0.4) is 0 Å². The van der Waals surface area contributed by atoms with Gasteiger partial charge in [-0.2, -0.15) is 0 Å². The van der Waals surface area contributed by atoms with Gasteiger partial charge < -0.3 is 14.6 Å². The Labute approximate surface area is 209 Å². The lowest BCUT2D eigenvalue weighted by atomic mass is 9.93. The summed E-state index contributed by atoms with van der Waals surface area (Å²) < 4.78 is 6.15. The normalized spacial score (nSPS) is 19.6. The monoisotopic (exact) mass is 486 g/mol. The molecule has 3 heterocycles. The Kier molecular flexibility index (Phi) is 9.04. The summed E-state index contributed by atoms with van der Waals surface area (Å²) in [4.78, 5) is 22.3. The molecule has 1 atom stereocenters. The Morgan fingerprint density at radius 2 is 1.79 bits per heavy atom. The molecule has 0 radical (unpaired) electrons. The Balaban J connectivity index is 1.49. The molecule has 1 aromatic carbocycles. The van der Waals surface area contributed by atoms with Crippen LogP contribution in [-0.2, 0) is 4.79 Å². The van der Waals surface area contributed by atoms with Crippen molar-refractivity contribution >= 4 is 17.5 Å². The molecule has 4 rings (SSSR count). The summed E-state index contributed by atoms with van der Waals surface area (Å²) in [5.41, 5.74) is 1.99. The lowest BCUT2D eigenvalue weighted by Crippen LogP contribution is -2.41. The lowest BCUT2D eigenvalue weighted by molar-refractivity contribution is -0.126. The average Bonchev–Trinajstić information content (AvgIpc) is 3.05. The number of nitrogens with zero attached hydrogens (tertiary/aromatic N) is 3. The van der Waals surface area contributed by atoms with Gasteiger partial charge in [0.25, 0.3) is 0 Å². The van der Waals surface area contributed by atoms with Gasteiger partial charge in [0, 0.05) is 23.6 Å². The predicted molar refractivity (Wildman–Crippen MR) is 137 cm³/mol. The fourth-order valence-electron chi connectivity index (χ4n) is 5.47. The van der Waals surface area contributed by atoms with Crippen molar-refractivity contribution in [3.63, 3.8) is 0 Å². The van der Waals surface area contributed by atoms with Crippen LogP contribution in [0.5, 0.6) is 0 Å². The Morgan fingerprint density at radius 3 is 2.44 bits per heavy atom. The first-order valence-electron chi connectivity index (χ1n) is 13.0. The smallest absolute Gasteiger partial charge is 0.226 e. The van der Waals surface area contributed by atoms with E-state index in [0.717, 1.165) is 62.3 Å². The highest BCUT2D eigenvalue weighted by Crippen LogP contribution is 2.34. The van der Waals surface area contributed by atoms with Crippen LogP contribution >= 0.6 is 11.6 Å². The van der Waals surface area contributed by atoms with Crippen molar-refractivity contribution in [2.75, 3.05) is 39.8 Å². The van der Waals surface area contributed by atoms with Gasteiger partial charge in [-0.05, 0) is 102 Å². The molecule has 6 nitrogen and oxygen atoms in total. The van der Waals surface area contributed by atoms with Crippen molar-refractivity contribution in [2.45, 2.75) is 64.3 Å². The van der Waals surface area contributed by atoms with Crippen molar-refractivity contribution in [1.82, 2.24) is 20.1 Å². The summed E-state index contributed by atoms with van der Waals surface area (Å²) in [5, 5.41) is 3.53. The first-order chi connectivity index (χ1) is 16.5. The van der Waals surface area contributed by atoms with E-state index in [4.69, 9.17) is 21.0 Å². The van der Waals surface area contributed by atoms with E-state index in [2.05, 4.69) is 15.1 Å². The van der Waals surface area contributed by atoms with Gasteiger partial charge in [0.2, 0.25) is 11.8 Å². The number of nitrogens with one attached hydrogen (secondary N) is 1. The highest BCUT2D eigenvalue weighted by atomic mass is 35.5. The number of hydrogen-bond donors (Lipinski definition) is 1. The molecule has 1 unspecified atom stereocenters. The molecule has 7 heteroatoms. The van der Waals surface area contributed by atoms with E-state index in [1.807, 2.05) is 31.2 Å². The first-order valence-corrected chi connectivity index (χ1v) is 13.3. The number of carbonyl (C=O) groups excluding carboxylic acids is 1. The molecule has 1 aromatic heterocycles. The van der Waals surface area contributed by atoms with Crippen molar-refractivity contribution in [3.05, 3.63) is 40.7 Å². The maximum Gasteiger partial charge on any atom is 0.226 e. The topological polar surface area (TPSA) is 61.6 Å². The maximum absolute atomic E-state index is 12.2. The fourth-order valence-corrected chi connectivity index (χ4v) is 5.60. The van der Waals surface area contributed by atoms with Crippen LogP contribution in [0, 0.1) is 12.8 Å². The van der Waals surface area contributed by atoms with Gasteiger partial charge in [0.15, 0.2) is 0 Å². The van der Waals surface area contributed by atoms with Gasteiger partial charge in [-0.3, -0.25) is 9.69 Å². The summed E-state index contributed by atoms with van der Waals surface area (Å²) in [7, 11) is 1.73. The standard InChI is InChI=1S/C27H39ClN4O2/c1-20-25(30-27(34-20)22-9-11-23(28)12-10-22)24(8-7-17-31-15-5-3-4-6-16-31)32-18-13-21(14-19-32)26(33)29-2/h9-12,21,24H,3-8,13-19H2,1-2H3,(H,29,33). The third-order valence-electron chi connectivity index (χ3n) is 7.48. The number of oxazole rings is 1. The van der Waals surface area contributed by atoms with Crippen LogP contribution in [0.4, 0.5) is 0 Å². The van der Waals surface area contributed by atoms with Crippen molar-refractivity contribution in [1.29, 1.82) is 0 Å². The number of halogens is 1. The van der Waals surface area contributed by atoms with Crippen LogP contribution in [0.15, 0.2) is 28.7 Å². The number of benzene rings is 1. The molecule has 0 spiro atoms. The van der Waals surface area contributed by atoms with Gasteiger partial charge in [-0.15, -0.1) is 0 Å². The first kappa shape index (κ1) is 25.2. The minimum atomic E-state index is 0.113. The highest BCUT2D eigenvalue weighted by molar-refractivity contribution is 6.30. The minimum absolute atomic E-state index is 0.113. The van der Waals surface area contributed by atoms with Crippen molar-refractivity contribution in [2.24, 2.45) is 5.92 Å². The summed E-state index contributed by atoms with van der Waals surface area (Å²) >= 11 is 6.07. The predicted octanol–water partition coefficient (Wildman–Crippen LogP) is 5.46. The second-order valence-corrected chi connectivity index (χ2v) is 10.2. The van der Waals surface area contributed by atoms with Gasteiger partial charge in [-0.1, -0.05) is 24.4 Å². The maximum atomic E-state index is 12.2. The quantitative estimate of drug-likeness (QED) is 0.537. The molecule has 2 aliphatic rings. The molecule has 1 amide bonds. The number of aryl methyl sites for hydroxylation is 1. The van der Waals surface area contributed by atoms with Crippen LogP contribution in [0.2, 0.25) is 5.02 Å². The van der Waals surface area contributed by atoms with Gasteiger partial charge in [0.1, 0.15) is 5.76 Å². The summed E-state index contributed by atoms with van der Waals surface area (Å²) in [5.74, 6) is 1.82. The number of carbonyl (C=O) groups is 1. The molecule has 1 N–H and O–H groups in total. The summed E-state index contributed by atoms with van der Waals surface area (Å²) in [6, 6.07) is 7.88. The lowest BCUT2D eigenvalue weighted by Gasteiger charge is -2.36. The molecule has 0 bridgehead atoms. The number of rotatable bonds is 8. The van der Waals surface area contributed by atoms with Crippen LogP contribution < -0.4 is 5.32 Å². The van der Waals surface area contributed by atoms with E-state index in [0.29, 0.717) is 10.9 Å². The number of aromatic nitrogens is 1. The minimum Gasteiger partial charge on any atom is -0.441 e. The zero-order chi connectivity index (χ0) is 23.9. The SMILES string of the molecule is CNC(=O)C1CCN(C(CCCN2CCCCCC2)c2nc(-c3ccc(Cl)cc3)oc2C)CC1. The molecule has 186 valence electrons. The Morgan fingerprint density at radius 1 is 1.12 bits per heavy atom. The number of piperidine rings is 1. The highest BCUT2D eigenvalue weighted by Gasteiger charge is 2.32. The second-order valence-electron chi connectivity index (χ2n) is 9.81. The van der Waals surface area contributed by atoms with Crippen molar-refractivity contribution in [3.8, 4) is 11.5 Å². The zero-order valence-electron chi connectivity index (χ0n) is 20.7. The Hall–Kier alpha value is -1.89. The summed E-state index contributed by atoms with van der Waals surface area (Å²) in [6.07, 6.45) is 9.35. The van der Waals surface area contributed by atoms with E-state index in [1.54, 1.807) is 7.05 Å². The Bertz CT molecular complexity index is 913. The molecule has 0 saturated carbocycles. The largest absolute Gasteiger partial charge is 0.441 e. The van der Waals surface area contributed by atoms with Crippen LogP contribution in [0.1, 0.15) is 68.9 Å². The van der Waals surface area contributed by atoms with E-state index >= 15 is 0 Å². The molecule has 2 fully saturated rings. The van der Waals surface area contributed by atoms with Crippen LogP contribution in [-0.4, -0.2) is 60.5 Å². The molecule has 2 aliphatic heterocycles. The van der Waals surface area contributed by atoms with Crippen molar-refractivity contribution < 1.29 is 9.21 Å². The number of hydrogen-bond acceptors (Lipinski definition) is 5. The number of likely N-dealkylation sites (tertiary alicyclic amines) is 2. The molecular formula is C27H39ClN4O2. The molecular weight excluding hydrogens is 448 g/mol. The zero-order valence-corrected chi connectivity index (χ0v) is 21.4. The average molecular weight is 487 g/mol.